The van der Waals surface area contributed by atoms with Crippen molar-refractivity contribution in [1.82, 2.24) is 14.6 Å². The number of hydrogen-bond acceptors (Lipinski definition) is 10. The molecule has 2 unspecified atom stereocenters. The minimum Gasteiger partial charge on any atom is -0.491 e. The van der Waals surface area contributed by atoms with E-state index in [0.717, 1.165) is 17.3 Å². The highest BCUT2D eigenvalue weighted by Gasteiger charge is 2.49. The number of nitrogens with zero attached hydrogens (tertiary/aromatic N) is 2. The summed E-state index contributed by atoms with van der Waals surface area (Å²) in [6.45, 7) is 1.02. The van der Waals surface area contributed by atoms with E-state index in [1.807, 2.05) is 6.07 Å². The molecule has 11 nitrogen and oxygen atoms in total. The number of sulfone groups is 1. The van der Waals surface area contributed by atoms with Crippen molar-refractivity contribution in [2.24, 2.45) is 0 Å². The summed E-state index contributed by atoms with van der Waals surface area (Å²) in [5.74, 6) is 0.336. The summed E-state index contributed by atoms with van der Waals surface area (Å²) in [7, 11) is -7.34. The van der Waals surface area contributed by atoms with Gasteiger partial charge >= 0.3 is 0 Å². The lowest BCUT2D eigenvalue weighted by atomic mass is 9.85. The van der Waals surface area contributed by atoms with Crippen molar-refractivity contribution >= 4 is 30.8 Å². The number of ether oxygens (including phenoxy) is 2. The Morgan fingerprint density at radius 1 is 1.02 bits per heavy atom. The standard InChI is InChI=1S/C31H39N3O8S2/c35-22-31(9-3-10-31)43(37,38)27-6-1-5-26(17-27)41-21-25(36)19-33-24-18-30(42-20-24)11-14-34(15-12-30)44(39,40)28-7-8-29-23(16-28)4-2-13-32-29/h1-2,4-8,13,16-17,24-25,33,35-36H,3,9-12,14-15,18-22H2. The van der Waals surface area contributed by atoms with Crippen LogP contribution in [-0.4, -0.2) is 98.3 Å². The van der Waals surface area contributed by atoms with E-state index < -0.39 is 42.9 Å². The van der Waals surface area contributed by atoms with Crippen molar-refractivity contribution < 1.29 is 36.5 Å². The van der Waals surface area contributed by atoms with Crippen LogP contribution >= 0.6 is 0 Å². The Morgan fingerprint density at radius 3 is 2.55 bits per heavy atom. The van der Waals surface area contributed by atoms with Gasteiger partial charge in [-0.15, -0.1) is 0 Å². The number of benzene rings is 2. The normalized spacial score (nSPS) is 22.5. The zero-order chi connectivity index (χ0) is 31.0. The number of aliphatic hydroxyl groups is 2. The molecule has 0 amide bonds. The molecule has 3 heterocycles. The lowest BCUT2D eigenvalue weighted by molar-refractivity contribution is -0.0312. The first-order chi connectivity index (χ1) is 21.1. The number of sulfonamides is 1. The topological polar surface area (TPSA) is 155 Å². The molecule has 13 heteroatoms. The van der Waals surface area contributed by atoms with Crippen molar-refractivity contribution in [3.05, 3.63) is 60.8 Å². The monoisotopic (exact) mass is 645 g/mol. The molecule has 1 saturated carbocycles. The number of aliphatic hydroxyl groups excluding tert-OH is 2. The maximum absolute atomic E-state index is 13.4. The second kappa shape index (κ2) is 12.3. The van der Waals surface area contributed by atoms with Crippen molar-refractivity contribution in [1.29, 1.82) is 0 Å². The predicted octanol–water partition coefficient (Wildman–Crippen LogP) is 2.27. The highest BCUT2D eigenvalue weighted by Crippen LogP contribution is 2.43. The molecule has 3 aromatic rings. The maximum atomic E-state index is 13.4. The molecule has 44 heavy (non-hydrogen) atoms. The van der Waals surface area contributed by atoms with E-state index in [-0.39, 0.29) is 29.0 Å². The number of pyridine rings is 1. The van der Waals surface area contributed by atoms with Gasteiger partial charge in [0.25, 0.3) is 0 Å². The van der Waals surface area contributed by atoms with E-state index in [0.29, 0.717) is 57.6 Å². The molecule has 6 rings (SSSR count). The SMILES string of the molecule is O=S(=O)(c1ccc2ncccc2c1)N1CCC2(CC1)CC(NCC(O)COc1cccc(S(=O)(=O)C3(CO)CCC3)c1)CO2. The Kier molecular flexibility index (Phi) is 8.74. The first-order valence-corrected chi connectivity index (χ1v) is 18.0. The van der Waals surface area contributed by atoms with Crippen LogP contribution in [0.5, 0.6) is 5.75 Å². The Bertz CT molecular complexity index is 1700. The van der Waals surface area contributed by atoms with Gasteiger partial charge in [-0.25, -0.2) is 16.8 Å². The molecule has 3 N–H and O–H groups in total. The number of rotatable bonds is 11. The number of aromatic nitrogens is 1. The fourth-order valence-electron chi connectivity index (χ4n) is 6.44. The zero-order valence-electron chi connectivity index (χ0n) is 24.5. The van der Waals surface area contributed by atoms with Gasteiger partial charge in [-0.2, -0.15) is 4.31 Å². The largest absolute Gasteiger partial charge is 0.491 e. The lowest BCUT2D eigenvalue weighted by Crippen LogP contribution is -2.48. The lowest BCUT2D eigenvalue weighted by Gasteiger charge is -2.39. The highest BCUT2D eigenvalue weighted by atomic mass is 32.2. The van der Waals surface area contributed by atoms with Crippen LogP contribution < -0.4 is 10.1 Å². The number of hydrogen-bond donors (Lipinski definition) is 3. The molecule has 1 aromatic heterocycles. The quantitative estimate of drug-likeness (QED) is 0.283. The molecule has 2 saturated heterocycles. The summed E-state index contributed by atoms with van der Waals surface area (Å²) in [5.41, 5.74) is 0.343. The van der Waals surface area contributed by atoms with Crippen molar-refractivity contribution in [2.45, 2.75) is 70.8 Å². The van der Waals surface area contributed by atoms with E-state index in [9.17, 15) is 27.0 Å². The van der Waals surface area contributed by atoms with Gasteiger partial charge in [0.15, 0.2) is 9.84 Å². The molecule has 1 spiro atoms. The van der Waals surface area contributed by atoms with E-state index in [2.05, 4.69) is 10.3 Å². The average molecular weight is 646 g/mol. The zero-order valence-corrected chi connectivity index (χ0v) is 26.1. The highest BCUT2D eigenvalue weighted by molar-refractivity contribution is 7.93. The second-order valence-electron chi connectivity index (χ2n) is 12.2. The van der Waals surface area contributed by atoms with Crippen LogP contribution in [0.15, 0.2) is 70.6 Å². The Morgan fingerprint density at radius 2 is 1.82 bits per heavy atom. The number of fused-ring (bicyclic) bond motifs is 1. The molecule has 2 aromatic carbocycles. The van der Waals surface area contributed by atoms with Crippen LogP contribution in [0.25, 0.3) is 10.9 Å². The first kappa shape index (κ1) is 31.3. The maximum Gasteiger partial charge on any atom is 0.243 e. The minimum atomic E-state index is -3.70. The molecule has 3 aliphatic rings. The fraction of sp³-hybridized carbons (Fsp3) is 0.516. The fourth-order valence-corrected chi connectivity index (χ4v) is 9.94. The van der Waals surface area contributed by atoms with Gasteiger partial charge in [0.05, 0.1) is 38.9 Å². The van der Waals surface area contributed by atoms with Gasteiger partial charge in [0, 0.05) is 37.3 Å². The molecule has 0 radical (unpaired) electrons. The summed E-state index contributed by atoms with van der Waals surface area (Å²) < 4.78 is 65.2. The molecule has 0 bridgehead atoms. The number of nitrogens with one attached hydrogen (secondary N) is 1. The molecule has 3 fully saturated rings. The van der Waals surface area contributed by atoms with E-state index >= 15 is 0 Å². The third kappa shape index (κ3) is 5.98. The molecule has 2 aliphatic heterocycles. The van der Waals surface area contributed by atoms with Gasteiger partial charge in [-0.05, 0) is 74.6 Å². The van der Waals surface area contributed by atoms with Crippen molar-refractivity contribution in [3.63, 3.8) is 0 Å². The Hall–Kier alpha value is -2.65. The van der Waals surface area contributed by atoms with Crippen LogP contribution in [-0.2, 0) is 24.6 Å². The third-order valence-electron chi connectivity index (χ3n) is 9.38. The molecular formula is C31H39N3O8S2. The molecule has 1 aliphatic carbocycles. The Balaban J connectivity index is 0.972. The van der Waals surface area contributed by atoms with Crippen LogP contribution in [0.2, 0.25) is 0 Å². The summed E-state index contributed by atoms with van der Waals surface area (Å²) in [5, 5.41) is 24.4. The molecule has 2 atom stereocenters. The van der Waals surface area contributed by atoms with Gasteiger partial charge in [-0.3, -0.25) is 4.98 Å². The van der Waals surface area contributed by atoms with E-state index in [4.69, 9.17) is 9.47 Å². The van der Waals surface area contributed by atoms with Gasteiger partial charge < -0.3 is 25.0 Å². The van der Waals surface area contributed by atoms with Crippen molar-refractivity contribution in [3.8, 4) is 5.75 Å². The van der Waals surface area contributed by atoms with Crippen molar-refractivity contribution in [2.75, 3.05) is 39.5 Å². The van der Waals surface area contributed by atoms with Crippen LogP contribution in [0.4, 0.5) is 0 Å². The van der Waals surface area contributed by atoms with Crippen LogP contribution in [0, 0.1) is 0 Å². The van der Waals surface area contributed by atoms with Gasteiger partial charge in [0.2, 0.25) is 10.0 Å². The predicted molar refractivity (Wildman–Crippen MR) is 164 cm³/mol. The Labute approximate surface area is 258 Å². The second-order valence-corrected chi connectivity index (χ2v) is 16.5. The summed E-state index contributed by atoms with van der Waals surface area (Å²) in [4.78, 5) is 4.64. The summed E-state index contributed by atoms with van der Waals surface area (Å²) >= 11 is 0. The van der Waals surface area contributed by atoms with Crippen LogP contribution in [0.1, 0.15) is 38.5 Å². The van der Waals surface area contributed by atoms with Crippen LogP contribution in [0.3, 0.4) is 0 Å². The minimum absolute atomic E-state index is 0.00594. The average Bonchev–Trinajstić information content (AvgIpc) is 3.40. The summed E-state index contributed by atoms with van der Waals surface area (Å²) in [6, 6.07) is 14.8. The smallest absolute Gasteiger partial charge is 0.243 e. The first-order valence-electron chi connectivity index (χ1n) is 15.0. The van der Waals surface area contributed by atoms with E-state index in [1.54, 1.807) is 42.6 Å². The molecule has 238 valence electrons. The van der Waals surface area contributed by atoms with E-state index in [1.165, 1.54) is 16.4 Å². The molecular weight excluding hydrogens is 606 g/mol. The number of piperidine rings is 1. The third-order valence-corrected chi connectivity index (χ3v) is 13.8. The van der Waals surface area contributed by atoms with Gasteiger partial charge in [0.1, 0.15) is 18.5 Å². The van der Waals surface area contributed by atoms with Gasteiger partial charge in [-0.1, -0.05) is 18.6 Å². The summed E-state index contributed by atoms with van der Waals surface area (Å²) in [6.07, 6.45) is 4.37.